The zero-order chi connectivity index (χ0) is 55.0. The summed E-state index contributed by atoms with van der Waals surface area (Å²) >= 11 is 0. The van der Waals surface area contributed by atoms with E-state index in [4.69, 9.17) is 14.2 Å². The van der Waals surface area contributed by atoms with Crippen LogP contribution in [0.2, 0.25) is 0 Å². The molecule has 0 aromatic rings. The molecule has 1 unspecified atom stereocenters. The molecule has 0 bridgehead atoms. The van der Waals surface area contributed by atoms with Gasteiger partial charge in [0.25, 0.3) is 0 Å². The van der Waals surface area contributed by atoms with E-state index < -0.39 is 6.10 Å². The summed E-state index contributed by atoms with van der Waals surface area (Å²) in [4.78, 5) is 38.3. The van der Waals surface area contributed by atoms with Gasteiger partial charge in [0.1, 0.15) is 13.2 Å². The smallest absolute Gasteiger partial charge is 0.306 e. The monoisotopic (exact) mass is 1060 g/mol. The zero-order valence-electron chi connectivity index (χ0n) is 50.3. The van der Waals surface area contributed by atoms with E-state index in [-0.39, 0.29) is 31.1 Å². The Morgan fingerprint density at radius 2 is 0.513 bits per heavy atom. The van der Waals surface area contributed by atoms with Crippen LogP contribution < -0.4 is 0 Å². The van der Waals surface area contributed by atoms with E-state index >= 15 is 0 Å². The number of ether oxygens (including phenoxy) is 3. The van der Waals surface area contributed by atoms with Gasteiger partial charge in [-0.1, -0.05) is 273 Å². The summed E-state index contributed by atoms with van der Waals surface area (Å²) in [5.41, 5.74) is 0. The van der Waals surface area contributed by atoms with Crippen molar-refractivity contribution in [2.75, 3.05) is 13.2 Å². The molecule has 0 N–H and O–H groups in total. The Morgan fingerprint density at radius 3 is 0.829 bits per heavy atom. The van der Waals surface area contributed by atoms with Gasteiger partial charge in [0.05, 0.1) is 0 Å². The van der Waals surface area contributed by atoms with Crippen molar-refractivity contribution < 1.29 is 28.6 Å². The fraction of sp³-hybridized carbons (Fsp3) is 0.757. The Hall–Kier alpha value is -3.41. The molecule has 0 aromatic heterocycles. The molecule has 0 saturated carbocycles. The van der Waals surface area contributed by atoms with Crippen LogP contribution in [0.25, 0.3) is 0 Å². The molecular weight excluding hydrogens is 937 g/mol. The van der Waals surface area contributed by atoms with E-state index in [1.807, 2.05) is 0 Å². The number of hydrogen-bond acceptors (Lipinski definition) is 6. The molecule has 1 atom stereocenters. The minimum absolute atomic E-state index is 0.0900. The SMILES string of the molecule is CC/C=C\C/C=C\C/C=C\C/C=C\CCCCCCC(=O)OC(COC(=O)CCCCCCC/C=C\C/C=C\CCCCCC)COC(=O)CCCCCCCCCCCCCCC/C=C\CCCCCCCCCC. The van der Waals surface area contributed by atoms with Gasteiger partial charge in [0, 0.05) is 19.3 Å². The molecule has 0 aliphatic carbocycles. The quantitative estimate of drug-likeness (QED) is 0.0261. The Morgan fingerprint density at radius 1 is 0.276 bits per heavy atom. The molecule has 0 radical (unpaired) electrons. The van der Waals surface area contributed by atoms with Crippen molar-refractivity contribution in [3.63, 3.8) is 0 Å². The lowest BCUT2D eigenvalue weighted by molar-refractivity contribution is -0.167. The molecule has 0 rings (SSSR count). The van der Waals surface area contributed by atoms with Gasteiger partial charge in [-0.15, -0.1) is 0 Å². The number of allylic oxidation sites excluding steroid dienone is 14. The first-order valence-electron chi connectivity index (χ1n) is 32.6. The number of carbonyl (C=O) groups excluding carboxylic acids is 3. The first kappa shape index (κ1) is 72.6. The number of carbonyl (C=O) groups is 3. The van der Waals surface area contributed by atoms with Gasteiger partial charge in [0.2, 0.25) is 0 Å². The molecule has 0 aromatic carbocycles. The third kappa shape index (κ3) is 61.4. The van der Waals surface area contributed by atoms with Crippen LogP contribution in [0.1, 0.15) is 323 Å². The van der Waals surface area contributed by atoms with Crippen LogP contribution >= 0.6 is 0 Å². The normalized spacial score (nSPS) is 12.6. The van der Waals surface area contributed by atoms with Crippen molar-refractivity contribution in [1.29, 1.82) is 0 Å². The zero-order valence-corrected chi connectivity index (χ0v) is 50.3. The molecule has 6 heteroatoms. The first-order valence-corrected chi connectivity index (χ1v) is 32.6. The topological polar surface area (TPSA) is 78.9 Å². The summed E-state index contributed by atoms with van der Waals surface area (Å²) in [5, 5.41) is 0. The van der Waals surface area contributed by atoms with Crippen LogP contribution in [0.5, 0.6) is 0 Å². The number of unbranched alkanes of at least 4 members (excludes halogenated alkanes) is 34. The van der Waals surface area contributed by atoms with Crippen LogP contribution in [0.3, 0.4) is 0 Å². The fourth-order valence-electron chi connectivity index (χ4n) is 9.23. The van der Waals surface area contributed by atoms with E-state index in [1.54, 1.807) is 0 Å². The molecule has 0 aliphatic heterocycles. The molecule has 6 nitrogen and oxygen atoms in total. The summed E-state index contributed by atoms with van der Waals surface area (Å²) in [7, 11) is 0. The number of hydrogen-bond donors (Lipinski definition) is 0. The standard InChI is InChI=1S/C70H122O6/c1-4-7-10-13-16-19-22-25-28-31-32-33-34-35-36-37-38-40-42-45-48-51-54-57-60-63-69(72)75-66-67(65-74-68(71)62-59-56-53-50-47-44-41-30-27-24-21-18-15-12-9-6-3)76-70(73)64-61-58-55-52-49-46-43-39-29-26-23-20-17-14-11-8-5-2/h8,11,17,20-21,24,26,29-32,41,43,46,67H,4-7,9-10,12-16,18-19,22-23,25,27-28,33-40,42,44-45,47-66H2,1-3H3/b11-8-,20-17-,24-21-,29-26-,32-31-,41-30-,46-43-. The lowest BCUT2D eigenvalue weighted by Gasteiger charge is -2.18. The molecule has 0 amide bonds. The van der Waals surface area contributed by atoms with Crippen molar-refractivity contribution in [2.24, 2.45) is 0 Å². The Labute approximate surface area is 471 Å². The highest BCUT2D eigenvalue weighted by Gasteiger charge is 2.19. The van der Waals surface area contributed by atoms with Crippen LogP contribution in [0.4, 0.5) is 0 Å². The van der Waals surface area contributed by atoms with Crippen molar-refractivity contribution in [2.45, 2.75) is 329 Å². The van der Waals surface area contributed by atoms with Gasteiger partial charge in [-0.2, -0.15) is 0 Å². The Kier molecular flexibility index (Phi) is 61.2. The summed E-state index contributed by atoms with van der Waals surface area (Å²) in [6.45, 7) is 6.51. The number of rotatable bonds is 59. The Bertz CT molecular complexity index is 1450. The maximum Gasteiger partial charge on any atom is 0.306 e. The van der Waals surface area contributed by atoms with Gasteiger partial charge >= 0.3 is 17.9 Å². The molecule has 0 aliphatic rings. The minimum atomic E-state index is -0.797. The highest BCUT2D eigenvalue weighted by atomic mass is 16.6. The van der Waals surface area contributed by atoms with E-state index in [0.29, 0.717) is 19.3 Å². The molecule has 438 valence electrons. The van der Waals surface area contributed by atoms with Gasteiger partial charge < -0.3 is 14.2 Å². The molecule has 0 heterocycles. The second-order valence-electron chi connectivity index (χ2n) is 21.6. The molecule has 0 spiro atoms. The lowest BCUT2D eigenvalue weighted by Crippen LogP contribution is -2.30. The average Bonchev–Trinajstić information content (AvgIpc) is 3.42. The van der Waals surface area contributed by atoms with Gasteiger partial charge in [-0.3, -0.25) is 14.4 Å². The van der Waals surface area contributed by atoms with Crippen LogP contribution in [-0.2, 0) is 28.6 Å². The summed E-state index contributed by atoms with van der Waals surface area (Å²) in [6.07, 6.45) is 84.5. The fourth-order valence-corrected chi connectivity index (χ4v) is 9.23. The summed E-state index contributed by atoms with van der Waals surface area (Å²) < 4.78 is 16.9. The molecular formula is C70H122O6. The maximum atomic E-state index is 12.9. The third-order valence-corrected chi connectivity index (χ3v) is 14.1. The highest BCUT2D eigenvalue weighted by Crippen LogP contribution is 2.16. The van der Waals surface area contributed by atoms with Gasteiger partial charge in [-0.25, -0.2) is 0 Å². The van der Waals surface area contributed by atoms with Crippen molar-refractivity contribution in [3.05, 3.63) is 85.1 Å². The van der Waals surface area contributed by atoms with Crippen molar-refractivity contribution in [3.8, 4) is 0 Å². The maximum absolute atomic E-state index is 12.9. The third-order valence-electron chi connectivity index (χ3n) is 14.1. The van der Waals surface area contributed by atoms with E-state index in [0.717, 1.165) is 122 Å². The Balaban J connectivity index is 4.35. The second kappa shape index (κ2) is 64.1. The molecule has 0 saturated heterocycles. The predicted molar refractivity (Wildman–Crippen MR) is 330 cm³/mol. The molecule has 0 fully saturated rings. The van der Waals surface area contributed by atoms with Crippen LogP contribution in [0.15, 0.2) is 85.1 Å². The largest absolute Gasteiger partial charge is 0.462 e. The summed E-state index contributed by atoms with van der Waals surface area (Å²) in [6, 6.07) is 0. The molecule has 76 heavy (non-hydrogen) atoms. The van der Waals surface area contributed by atoms with Crippen molar-refractivity contribution >= 4 is 17.9 Å². The van der Waals surface area contributed by atoms with Gasteiger partial charge in [-0.05, 0) is 116 Å². The van der Waals surface area contributed by atoms with Crippen molar-refractivity contribution in [1.82, 2.24) is 0 Å². The summed E-state index contributed by atoms with van der Waals surface area (Å²) in [5.74, 6) is -0.916. The highest BCUT2D eigenvalue weighted by molar-refractivity contribution is 5.71. The number of esters is 3. The average molecular weight is 1060 g/mol. The second-order valence-corrected chi connectivity index (χ2v) is 21.6. The van der Waals surface area contributed by atoms with Gasteiger partial charge in [0.15, 0.2) is 6.10 Å². The van der Waals surface area contributed by atoms with Crippen LogP contribution in [-0.4, -0.2) is 37.2 Å². The first-order chi connectivity index (χ1) is 37.5. The lowest BCUT2D eigenvalue weighted by atomic mass is 10.0. The van der Waals surface area contributed by atoms with E-state index in [1.165, 1.54) is 161 Å². The predicted octanol–water partition coefficient (Wildman–Crippen LogP) is 22.3. The van der Waals surface area contributed by atoms with Crippen LogP contribution in [0, 0.1) is 0 Å². The van der Waals surface area contributed by atoms with E-state index in [2.05, 4.69) is 106 Å². The van der Waals surface area contributed by atoms with E-state index in [9.17, 15) is 14.4 Å². The minimum Gasteiger partial charge on any atom is -0.462 e.